The van der Waals surface area contributed by atoms with E-state index in [0.717, 1.165) is 0 Å². The third kappa shape index (κ3) is 9.59. The van der Waals surface area contributed by atoms with Gasteiger partial charge in [0, 0.05) is 47.0 Å². The molecule has 0 aromatic carbocycles. The molecule has 0 aromatic heterocycles. The molecule has 29 heavy (non-hydrogen) atoms. The number of hydrogen-bond acceptors (Lipinski definition) is 12. The van der Waals surface area contributed by atoms with E-state index in [2.05, 4.69) is 4.74 Å². The van der Waals surface area contributed by atoms with Crippen LogP contribution in [0.15, 0.2) is 0 Å². The lowest BCUT2D eigenvalue weighted by Gasteiger charge is -2.46. The van der Waals surface area contributed by atoms with Crippen molar-refractivity contribution in [3.63, 3.8) is 0 Å². The fourth-order valence-electron chi connectivity index (χ4n) is 2.94. The molecule has 0 radical (unpaired) electrons. The zero-order valence-corrected chi connectivity index (χ0v) is 25.7. The highest BCUT2D eigenvalue weighted by Gasteiger charge is 2.64. The van der Waals surface area contributed by atoms with Crippen molar-refractivity contribution in [2.75, 3.05) is 20.4 Å². The zero-order chi connectivity index (χ0) is 22.7. The molecule has 7 atom stereocenters. The molecule has 2 saturated heterocycles. The average Bonchev–Trinajstić information content (AvgIpc) is 2.41. The second kappa shape index (κ2) is 10.3. The van der Waals surface area contributed by atoms with Gasteiger partial charge in [-0.1, -0.05) is 0 Å². The van der Waals surface area contributed by atoms with Crippen LogP contribution in [-0.4, -0.2) is 97.2 Å². The molecule has 2 heterocycles. The van der Waals surface area contributed by atoms with Crippen LogP contribution in [0.3, 0.4) is 0 Å². The molecule has 2 rings (SSSR count). The second-order valence-electron chi connectivity index (χ2n) is 7.26. The summed E-state index contributed by atoms with van der Waals surface area (Å²) in [6, 6.07) is 0. The first-order chi connectivity index (χ1) is 13.0. The Morgan fingerprint density at radius 3 is 1.90 bits per heavy atom. The van der Waals surface area contributed by atoms with Crippen LogP contribution in [0, 0.1) is 0 Å². The molecule has 0 aromatic rings. The first kappa shape index (κ1) is 28.1. The predicted octanol–water partition coefficient (Wildman–Crippen LogP) is -1.03. The van der Waals surface area contributed by atoms with E-state index in [9.17, 15) is 14.4 Å². The van der Waals surface area contributed by atoms with Crippen molar-refractivity contribution in [2.45, 2.75) is 45.8 Å². The number of ether oxygens (including phenoxy) is 1. The first-order valence-electron chi connectivity index (χ1n) is 9.00. The number of fused-ring (bicyclic) bond motifs is 2. The lowest BCUT2D eigenvalue weighted by molar-refractivity contribution is 0.0762. The molecule has 0 saturated carbocycles. The van der Waals surface area contributed by atoms with Crippen molar-refractivity contribution in [3.8, 4) is 0 Å². The minimum Gasteiger partial charge on any atom is -0.417 e. The average molecular weight is 543 g/mol. The molecule has 0 spiro atoms. The van der Waals surface area contributed by atoms with Gasteiger partial charge in [0.1, 0.15) is 0 Å². The van der Waals surface area contributed by atoms with Gasteiger partial charge in [-0.05, 0) is 13.1 Å². The Labute approximate surface area is 181 Å². The van der Waals surface area contributed by atoms with E-state index in [1.807, 2.05) is 6.55 Å². The molecule has 7 unspecified atom stereocenters. The molecular formula is C10H34O12Si7. The monoisotopic (exact) mass is 542 g/mol. The van der Waals surface area contributed by atoms with Crippen molar-refractivity contribution in [1.82, 2.24) is 0 Å². The van der Waals surface area contributed by atoms with E-state index in [4.69, 9.17) is 33.2 Å². The fraction of sp³-hybridized carbons (Fsp3) is 1.00. The largest absolute Gasteiger partial charge is 0.487 e. The van der Waals surface area contributed by atoms with Gasteiger partial charge < -0.3 is 52.4 Å². The summed E-state index contributed by atoms with van der Waals surface area (Å²) in [5.74, 6) is 0. The summed E-state index contributed by atoms with van der Waals surface area (Å²) >= 11 is 0. The van der Waals surface area contributed by atoms with E-state index >= 15 is 0 Å². The normalized spacial score (nSPS) is 47.4. The van der Waals surface area contributed by atoms with Crippen molar-refractivity contribution >= 4 is 62.3 Å². The van der Waals surface area contributed by atoms with Crippen LogP contribution < -0.4 is 0 Å². The Hall–Kier alpha value is 1.04. The maximum Gasteiger partial charge on any atom is 0.487 e. The van der Waals surface area contributed by atoms with E-state index in [0.29, 0.717) is 0 Å². The van der Waals surface area contributed by atoms with Crippen LogP contribution >= 0.6 is 0 Å². The number of methoxy groups -OCH3 is 1. The van der Waals surface area contributed by atoms with Crippen molar-refractivity contribution in [1.29, 1.82) is 0 Å². The Balaban J connectivity index is 0.00000132. The van der Waals surface area contributed by atoms with Gasteiger partial charge >= 0.3 is 53.3 Å². The Bertz CT molecular complexity index is 543. The zero-order valence-electron chi connectivity index (χ0n) is 18.4. The van der Waals surface area contributed by atoms with Crippen LogP contribution in [0.5, 0.6) is 0 Å². The topological polar surface area (TPSA) is 144 Å². The molecule has 19 heteroatoms. The molecule has 2 aliphatic heterocycles. The van der Waals surface area contributed by atoms with Crippen LogP contribution in [0.2, 0.25) is 45.8 Å². The Kier molecular flexibility index (Phi) is 9.99. The summed E-state index contributed by atoms with van der Waals surface area (Å²) < 4.78 is 51.0. The quantitative estimate of drug-likeness (QED) is 0.367. The van der Waals surface area contributed by atoms with Gasteiger partial charge in [0.05, 0.1) is 6.23 Å². The summed E-state index contributed by atoms with van der Waals surface area (Å²) in [5.41, 5.74) is 0. The van der Waals surface area contributed by atoms with Gasteiger partial charge in [-0.3, -0.25) is 0 Å². The van der Waals surface area contributed by atoms with Crippen LogP contribution in [0.1, 0.15) is 0 Å². The molecule has 174 valence electrons. The minimum atomic E-state index is -3.83. The van der Waals surface area contributed by atoms with E-state index in [1.165, 1.54) is 19.6 Å². The fourth-order valence-corrected chi connectivity index (χ4v) is 30.4. The van der Waals surface area contributed by atoms with E-state index < -0.39 is 62.3 Å². The smallest absolute Gasteiger partial charge is 0.417 e. The SMILES string of the molecule is COC.C[SiH](O)O[Si]1(C)O[Si](C)(O)O[Si]2(C)O[Si](C)(O)OC[SiH](C)O[Si](C)(O1)O2. The maximum absolute atomic E-state index is 10.7. The second-order valence-corrected chi connectivity index (χ2v) is 25.4. The van der Waals surface area contributed by atoms with Gasteiger partial charge in [0.15, 0.2) is 9.04 Å². The molecule has 3 N–H and O–H groups in total. The van der Waals surface area contributed by atoms with Crippen LogP contribution in [0.25, 0.3) is 0 Å². The lowest BCUT2D eigenvalue weighted by Crippen LogP contribution is -2.71. The van der Waals surface area contributed by atoms with Gasteiger partial charge in [-0.2, -0.15) is 0 Å². The van der Waals surface area contributed by atoms with Crippen LogP contribution in [0.4, 0.5) is 0 Å². The summed E-state index contributed by atoms with van der Waals surface area (Å²) in [4.78, 5) is 31.0. The van der Waals surface area contributed by atoms with Crippen molar-refractivity contribution < 1.29 is 52.4 Å². The highest BCUT2D eigenvalue weighted by Crippen LogP contribution is 2.34. The summed E-state index contributed by atoms with van der Waals surface area (Å²) in [7, 11) is -19.2. The lowest BCUT2D eigenvalue weighted by atomic mass is 11.6. The first-order valence-corrected chi connectivity index (χ1v) is 24.8. The van der Waals surface area contributed by atoms with E-state index in [-0.39, 0.29) is 6.23 Å². The van der Waals surface area contributed by atoms with Gasteiger partial charge in [-0.25, -0.2) is 0 Å². The molecule has 2 fully saturated rings. The maximum atomic E-state index is 10.7. The molecule has 2 bridgehead atoms. The van der Waals surface area contributed by atoms with Crippen LogP contribution in [-0.2, 0) is 38.0 Å². The van der Waals surface area contributed by atoms with Gasteiger partial charge in [-0.15, -0.1) is 0 Å². The molecule has 2 aliphatic rings. The molecule has 0 aliphatic carbocycles. The Morgan fingerprint density at radius 2 is 1.38 bits per heavy atom. The molecule has 12 nitrogen and oxygen atoms in total. The Morgan fingerprint density at radius 1 is 0.862 bits per heavy atom. The minimum absolute atomic E-state index is 0.206. The van der Waals surface area contributed by atoms with Crippen molar-refractivity contribution in [3.05, 3.63) is 0 Å². The molecule has 0 amide bonds. The van der Waals surface area contributed by atoms with Gasteiger partial charge in [0.2, 0.25) is 0 Å². The van der Waals surface area contributed by atoms with Crippen molar-refractivity contribution in [2.24, 2.45) is 0 Å². The predicted molar refractivity (Wildman–Crippen MR) is 117 cm³/mol. The number of rotatable bonds is 2. The summed E-state index contributed by atoms with van der Waals surface area (Å²) in [6.07, 6.45) is 0.206. The van der Waals surface area contributed by atoms with E-state index in [1.54, 1.807) is 33.9 Å². The summed E-state index contributed by atoms with van der Waals surface area (Å²) in [6.45, 7) is 11.0. The third-order valence-electron chi connectivity index (χ3n) is 3.25. The third-order valence-corrected chi connectivity index (χ3v) is 26.2. The standard InChI is InChI=1S/C8H28O11Si7.C2H6O/c1-20-8-12-22(3,10)15-26(7)17-23(4,11)16-25(6,14-21(2)9)18-24(5,13-20)19-26;1-3-2/h9-11,20-21H,8H2,1-7H3;1-2H3. The van der Waals surface area contributed by atoms with Gasteiger partial charge in [0.25, 0.3) is 0 Å². The number of hydrogen-bond donors (Lipinski definition) is 3. The molecular weight excluding hydrogens is 509 g/mol. The highest BCUT2D eigenvalue weighted by atomic mass is 28.6. The summed E-state index contributed by atoms with van der Waals surface area (Å²) in [5, 5.41) is 0. The highest BCUT2D eigenvalue weighted by molar-refractivity contribution is 6.91.